The van der Waals surface area contributed by atoms with Crippen LogP contribution < -0.4 is 0 Å². The molecule has 2 nitrogen and oxygen atoms in total. The number of hydrogen-bond acceptors (Lipinski definition) is 2. The fraction of sp³-hybridized carbons (Fsp3) is 1.00. The van der Waals surface area contributed by atoms with E-state index in [2.05, 4.69) is 11.8 Å². The molecule has 0 unspecified atom stereocenters. The van der Waals surface area contributed by atoms with Crippen molar-refractivity contribution in [3.63, 3.8) is 0 Å². The molecule has 1 aliphatic heterocycles. The Hall–Kier alpha value is -0.0800. The number of nitrogens with zero attached hydrogens (tertiary/aromatic N) is 1. The molecule has 0 radical (unpaired) electrons. The third-order valence-electron chi connectivity index (χ3n) is 4.84. The summed E-state index contributed by atoms with van der Waals surface area (Å²) in [6.45, 7) is 4.76. The summed E-state index contributed by atoms with van der Waals surface area (Å²) < 4.78 is 0. The SMILES string of the molecule is CCCC1CCC2(CCCN2CCO)CC1. The van der Waals surface area contributed by atoms with Gasteiger partial charge in [0, 0.05) is 12.1 Å². The molecule has 2 heteroatoms. The Morgan fingerprint density at radius 1 is 1.25 bits per heavy atom. The van der Waals surface area contributed by atoms with Gasteiger partial charge in [-0.15, -0.1) is 0 Å². The van der Waals surface area contributed by atoms with Gasteiger partial charge in [0.25, 0.3) is 0 Å². The summed E-state index contributed by atoms with van der Waals surface area (Å²) in [6.07, 6.45) is 11.1. The first-order valence-corrected chi connectivity index (χ1v) is 7.16. The van der Waals surface area contributed by atoms with Crippen LogP contribution in [0.25, 0.3) is 0 Å². The van der Waals surface area contributed by atoms with E-state index in [-0.39, 0.29) is 0 Å². The standard InChI is InChI=1S/C14H27NO/c1-2-4-13-5-8-14(9-6-13)7-3-10-15(14)11-12-16/h13,16H,2-12H2,1H3. The van der Waals surface area contributed by atoms with Crippen LogP contribution in [-0.2, 0) is 0 Å². The third-order valence-corrected chi connectivity index (χ3v) is 4.84. The van der Waals surface area contributed by atoms with Crippen molar-refractivity contribution in [3.8, 4) is 0 Å². The van der Waals surface area contributed by atoms with Gasteiger partial charge in [-0.1, -0.05) is 19.8 Å². The summed E-state index contributed by atoms with van der Waals surface area (Å²) in [5.41, 5.74) is 0.493. The number of likely N-dealkylation sites (tertiary alicyclic amines) is 1. The first-order valence-electron chi connectivity index (χ1n) is 7.16. The van der Waals surface area contributed by atoms with E-state index in [9.17, 15) is 0 Å². The van der Waals surface area contributed by atoms with Crippen molar-refractivity contribution in [2.24, 2.45) is 5.92 Å². The highest BCUT2D eigenvalue weighted by molar-refractivity contribution is 4.98. The van der Waals surface area contributed by atoms with E-state index in [1.165, 1.54) is 57.9 Å². The Morgan fingerprint density at radius 3 is 2.62 bits per heavy atom. The van der Waals surface area contributed by atoms with Gasteiger partial charge in [-0.05, 0) is 51.0 Å². The van der Waals surface area contributed by atoms with Crippen LogP contribution in [0.4, 0.5) is 0 Å². The largest absolute Gasteiger partial charge is 0.395 e. The molecule has 1 heterocycles. The lowest BCUT2D eigenvalue weighted by Gasteiger charge is -2.44. The van der Waals surface area contributed by atoms with Crippen LogP contribution in [-0.4, -0.2) is 35.2 Å². The normalized spacial score (nSPS) is 36.0. The molecule has 1 N–H and O–H groups in total. The molecule has 1 saturated heterocycles. The minimum atomic E-state index is 0.333. The first-order chi connectivity index (χ1) is 7.80. The van der Waals surface area contributed by atoms with Gasteiger partial charge in [0.15, 0.2) is 0 Å². The fourth-order valence-corrected chi connectivity index (χ4v) is 3.94. The zero-order valence-electron chi connectivity index (χ0n) is 10.7. The molecule has 0 aromatic rings. The van der Waals surface area contributed by atoms with Gasteiger partial charge in [0.05, 0.1) is 6.61 Å². The number of β-amino-alcohol motifs (C(OH)–C–C–N with tert-alkyl or cyclic N) is 1. The molecule has 1 aliphatic carbocycles. The Labute approximate surface area is 100 Å². The van der Waals surface area contributed by atoms with E-state index in [0.717, 1.165) is 12.5 Å². The van der Waals surface area contributed by atoms with Crippen LogP contribution in [0.2, 0.25) is 0 Å². The zero-order chi connectivity index (χ0) is 11.4. The van der Waals surface area contributed by atoms with E-state index in [1.807, 2.05) is 0 Å². The monoisotopic (exact) mass is 225 g/mol. The molecule has 2 rings (SSSR count). The van der Waals surface area contributed by atoms with Gasteiger partial charge in [0.1, 0.15) is 0 Å². The van der Waals surface area contributed by atoms with E-state index >= 15 is 0 Å². The van der Waals surface area contributed by atoms with Crippen molar-refractivity contribution in [1.82, 2.24) is 4.90 Å². The van der Waals surface area contributed by atoms with Gasteiger partial charge >= 0.3 is 0 Å². The summed E-state index contributed by atoms with van der Waals surface area (Å²) in [7, 11) is 0. The molecule has 16 heavy (non-hydrogen) atoms. The molecule has 94 valence electrons. The molecule has 2 fully saturated rings. The molecule has 0 amide bonds. The molecule has 0 bridgehead atoms. The van der Waals surface area contributed by atoms with Crippen LogP contribution in [0.1, 0.15) is 58.3 Å². The molecule has 0 aromatic carbocycles. The molecular formula is C14H27NO. The van der Waals surface area contributed by atoms with Crippen molar-refractivity contribution in [2.75, 3.05) is 19.7 Å². The molecular weight excluding hydrogens is 198 g/mol. The van der Waals surface area contributed by atoms with E-state index in [1.54, 1.807) is 0 Å². The van der Waals surface area contributed by atoms with Crippen molar-refractivity contribution in [3.05, 3.63) is 0 Å². The Bertz CT molecular complexity index is 209. The Morgan fingerprint density at radius 2 is 2.00 bits per heavy atom. The summed E-state index contributed by atoms with van der Waals surface area (Å²) in [5.74, 6) is 0.993. The number of aliphatic hydroxyl groups excluding tert-OH is 1. The lowest BCUT2D eigenvalue weighted by Crippen LogP contribution is -2.47. The number of rotatable bonds is 4. The van der Waals surface area contributed by atoms with E-state index in [0.29, 0.717) is 12.1 Å². The summed E-state index contributed by atoms with van der Waals surface area (Å²) in [6, 6.07) is 0. The molecule has 1 saturated carbocycles. The maximum atomic E-state index is 9.14. The second-order valence-corrected chi connectivity index (χ2v) is 5.77. The lowest BCUT2D eigenvalue weighted by molar-refractivity contribution is 0.0575. The third kappa shape index (κ3) is 2.43. The topological polar surface area (TPSA) is 23.5 Å². The van der Waals surface area contributed by atoms with Crippen molar-refractivity contribution >= 4 is 0 Å². The fourth-order valence-electron chi connectivity index (χ4n) is 3.94. The lowest BCUT2D eigenvalue weighted by atomic mass is 9.74. The highest BCUT2D eigenvalue weighted by atomic mass is 16.3. The quantitative estimate of drug-likeness (QED) is 0.795. The van der Waals surface area contributed by atoms with E-state index in [4.69, 9.17) is 5.11 Å². The van der Waals surface area contributed by atoms with Crippen LogP contribution >= 0.6 is 0 Å². The van der Waals surface area contributed by atoms with Crippen LogP contribution in [0, 0.1) is 5.92 Å². The van der Waals surface area contributed by atoms with Crippen LogP contribution in [0.15, 0.2) is 0 Å². The average Bonchev–Trinajstić information content (AvgIpc) is 2.67. The maximum Gasteiger partial charge on any atom is 0.0558 e. The molecule has 0 atom stereocenters. The predicted molar refractivity (Wildman–Crippen MR) is 67.5 cm³/mol. The minimum Gasteiger partial charge on any atom is -0.395 e. The summed E-state index contributed by atoms with van der Waals surface area (Å²) in [5, 5.41) is 9.14. The predicted octanol–water partition coefficient (Wildman–Crippen LogP) is 2.80. The van der Waals surface area contributed by atoms with Crippen LogP contribution in [0.3, 0.4) is 0 Å². The van der Waals surface area contributed by atoms with Crippen LogP contribution in [0.5, 0.6) is 0 Å². The van der Waals surface area contributed by atoms with Gasteiger partial charge in [0.2, 0.25) is 0 Å². The highest BCUT2D eigenvalue weighted by Gasteiger charge is 2.42. The first kappa shape index (κ1) is 12.4. The van der Waals surface area contributed by atoms with E-state index < -0.39 is 0 Å². The Kier molecular flexibility index (Phi) is 4.26. The Balaban J connectivity index is 1.89. The molecule has 0 aromatic heterocycles. The number of aliphatic hydroxyl groups is 1. The van der Waals surface area contributed by atoms with Gasteiger partial charge in [-0.25, -0.2) is 0 Å². The van der Waals surface area contributed by atoms with Gasteiger partial charge in [-0.3, -0.25) is 4.90 Å². The minimum absolute atomic E-state index is 0.333. The van der Waals surface area contributed by atoms with Crippen molar-refractivity contribution in [2.45, 2.75) is 63.8 Å². The van der Waals surface area contributed by atoms with Gasteiger partial charge < -0.3 is 5.11 Å². The molecule has 2 aliphatic rings. The number of hydrogen-bond donors (Lipinski definition) is 1. The smallest absolute Gasteiger partial charge is 0.0558 e. The highest BCUT2D eigenvalue weighted by Crippen LogP contribution is 2.44. The second kappa shape index (κ2) is 5.50. The van der Waals surface area contributed by atoms with Crippen molar-refractivity contribution in [1.29, 1.82) is 0 Å². The van der Waals surface area contributed by atoms with Crippen molar-refractivity contribution < 1.29 is 5.11 Å². The summed E-state index contributed by atoms with van der Waals surface area (Å²) >= 11 is 0. The maximum absolute atomic E-state index is 9.14. The van der Waals surface area contributed by atoms with Gasteiger partial charge in [-0.2, -0.15) is 0 Å². The summed E-state index contributed by atoms with van der Waals surface area (Å²) in [4.78, 5) is 2.58. The molecule has 1 spiro atoms. The average molecular weight is 225 g/mol. The zero-order valence-corrected chi connectivity index (χ0v) is 10.7. The second-order valence-electron chi connectivity index (χ2n) is 5.77.